The van der Waals surface area contributed by atoms with Gasteiger partial charge in [0.1, 0.15) is 12.7 Å². The van der Waals surface area contributed by atoms with Gasteiger partial charge >= 0.3 is 0 Å². The molecule has 0 bridgehead atoms. The lowest BCUT2D eigenvalue weighted by molar-refractivity contribution is -0.668. The molecular formula is C8H10ClN2O+. The van der Waals surface area contributed by atoms with Gasteiger partial charge in [0.2, 0.25) is 5.91 Å². The molecule has 0 radical (unpaired) electrons. The monoisotopic (exact) mass is 185 g/mol. The fraction of sp³-hybridized carbons (Fsp3) is 0.250. The van der Waals surface area contributed by atoms with Crippen molar-refractivity contribution in [2.24, 2.45) is 7.05 Å². The largest absolute Gasteiger partial charge is 0.321 e. The van der Waals surface area contributed by atoms with Crippen LogP contribution in [0.4, 0.5) is 5.69 Å². The molecule has 0 unspecified atom stereocenters. The van der Waals surface area contributed by atoms with Gasteiger partial charge in [0.05, 0.1) is 0 Å². The number of aryl methyl sites for hydroxylation is 1. The summed E-state index contributed by atoms with van der Waals surface area (Å²) in [5, 5.41) is 3.28. The fourth-order valence-corrected chi connectivity index (χ4v) is 0.978. The Kier molecular flexibility index (Phi) is 2.65. The van der Waals surface area contributed by atoms with Crippen molar-refractivity contribution in [3.8, 4) is 0 Å². The second-order valence-corrected chi connectivity index (χ2v) is 2.92. The molecule has 4 heteroatoms. The molecule has 64 valence electrons. The van der Waals surface area contributed by atoms with Crippen molar-refractivity contribution >= 4 is 23.2 Å². The van der Waals surface area contributed by atoms with Crippen LogP contribution in [0.2, 0.25) is 5.15 Å². The first-order valence-electron chi connectivity index (χ1n) is 3.52. The van der Waals surface area contributed by atoms with Crippen molar-refractivity contribution in [1.82, 2.24) is 0 Å². The number of nitrogens with one attached hydrogen (secondary N) is 1. The predicted octanol–water partition coefficient (Wildman–Crippen LogP) is 1.12. The first-order chi connectivity index (χ1) is 5.59. The molecule has 0 aliphatic carbocycles. The van der Waals surface area contributed by atoms with E-state index >= 15 is 0 Å². The van der Waals surface area contributed by atoms with E-state index in [2.05, 4.69) is 5.32 Å². The van der Waals surface area contributed by atoms with E-state index in [9.17, 15) is 4.79 Å². The summed E-state index contributed by atoms with van der Waals surface area (Å²) in [6.45, 7) is 1.47. The Hall–Kier alpha value is -1.09. The Morgan fingerprint density at radius 2 is 2.25 bits per heavy atom. The number of nitrogens with zero attached hydrogens (tertiary/aromatic N) is 1. The second-order valence-electron chi connectivity index (χ2n) is 2.53. The first-order valence-corrected chi connectivity index (χ1v) is 3.90. The molecule has 1 heterocycles. The Balaban J connectivity index is 2.89. The van der Waals surface area contributed by atoms with Crippen LogP contribution in [0.25, 0.3) is 0 Å². The van der Waals surface area contributed by atoms with E-state index in [0.717, 1.165) is 5.69 Å². The summed E-state index contributed by atoms with van der Waals surface area (Å²) >= 11 is 5.77. The lowest BCUT2D eigenvalue weighted by Gasteiger charge is -1.98. The van der Waals surface area contributed by atoms with Crippen LogP contribution >= 0.6 is 11.6 Å². The number of rotatable bonds is 1. The molecule has 1 N–H and O–H groups in total. The van der Waals surface area contributed by atoms with Gasteiger partial charge in [0.15, 0.2) is 6.20 Å². The van der Waals surface area contributed by atoms with Gasteiger partial charge in [-0.1, -0.05) is 0 Å². The number of carbonyl (C=O) groups is 1. The Morgan fingerprint density at radius 1 is 1.58 bits per heavy atom. The lowest BCUT2D eigenvalue weighted by atomic mass is 10.4. The highest BCUT2D eigenvalue weighted by molar-refractivity contribution is 6.28. The summed E-state index contributed by atoms with van der Waals surface area (Å²) in [6.07, 6.45) is 1.75. The quantitative estimate of drug-likeness (QED) is 0.516. The van der Waals surface area contributed by atoms with Crippen molar-refractivity contribution < 1.29 is 9.36 Å². The zero-order valence-corrected chi connectivity index (χ0v) is 7.72. The van der Waals surface area contributed by atoms with Crippen molar-refractivity contribution in [1.29, 1.82) is 0 Å². The normalized spacial score (nSPS) is 9.58. The SMILES string of the molecule is CC(=O)Nc1ccc(Cl)[n+](C)c1. The van der Waals surface area contributed by atoms with E-state index in [1.54, 1.807) is 22.9 Å². The number of hydrogen-bond donors (Lipinski definition) is 1. The van der Waals surface area contributed by atoms with Crippen LogP contribution in [-0.2, 0) is 11.8 Å². The second kappa shape index (κ2) is 3.54. The summed E-state index contributed by atoms with van der Waals surface area (Å²) in [5.74, 6) is -0.0858. The smallest absolute Gasteiger partial charge is 0.274 e. The summed E-state index contributed by atoms with van der Waals surface area (Å²) in [5.41, 5.74) is 0.745. The van der Waals surface area contributed by atoms with Gasteiger partial charge in [-0.15, -0.1) is 0 Å². The summed E-state index contributed by atoms with van der Waals surface area (Å²) in [7, 11) is 1.81. The minimum atomic E-state index is -0.0858. The number of aromatic nitrogens is 1. The van der Waals surface area contributed by atoms with Crippen LogP contribution in [-0.4, -0.2) is 5.91 Å². The minimum absolute atomic E-state index is 0.0858. The number of pyridine rings is 1. The van der Waals surface area contributed by atoms with E-state index in [1.807, 2.05) is 7.05 Å². The molecule has 0 saturated heterocycles. The van der Waals surface area contributed by atoms with Gasteiger partial charge in [0, 0.05) is 13.0 Å². The summed E-state index contributed by atoms with van der Waals surface area (Å²) in [4.78, 5) is 10.7. The molecule has 1 amide bonds. The molecule has 12 heavy (non-hydrogen) atoms. The third-order valence-corrected chi connectivity index (χ3v) is 1.78. The van der Waals surface area contributed by atoms with E-state index in [-0.39, 0.29) is 5.91 Å². The molecule has 0 aliphatic rings. The molecule has 3 nitrogen and oxygen atoms in total. The highest BCUT2D eigenvalue weighted by Crippen LogP contribution is 2.07. The maximum absolute atomic E-state index is 10.7. The van der Waals surface area contributed by atoms with Gasteiger partial charge in [0.25, 0.3) is 5.15 Å². The van der Waals surface area contributed by atoms with Gasteiger partial charge in [-0.05, 0) is 17.7 Å². The van der Waals surface area contributed by atoms with Crippen LogP contribution in [0.1, 0.15) is 6.92 Å². The molecule has 1 aromatic heterocycles. The van der Waals surface area contributed by atoms with E-state index < -0.39 is 0 Å². The Morgan fingerprint density at radius 3 is 2.75 bits per heavy atom. The number of hydrogen-bond acceptors (Lipinski definition) is 1. The third kappa shape index (κ3) is 2.20. The van der Waals surface area contributed by atoms with Crippen LogP contribution in [0.3, 0.4) is 0 Å². The van der Waals surface area contributed by atoms with Gasteiger partial charge in [-0.3, -0.25) is 4.79 Å². The van der Waals surface area contributed by atoms with Crippen molar-refractivity contribution in [3.05, 3.63) is 23.5 Å². The maximum atomic E-state index is 10.7. The molecule has 1 aromatic rings. The Labute approximate surface area is 76.0 Å². The van der Waals surface area contributed by atoms with Crippen molar-refractivity contribution in [2.75, 3.05) is 5.32 Å². The lowest BCUT2D eigenvalue weighted by Crippen LogP contribution is -2.29. The third-order valence-electron chi connectivity index (χ3n) is 1.39. The van der Waals surface area contributed by atoms with E-state index in [1.165, 1.54) is 6.92 Å². The molecule has 0 aromatic carbocycles. The van der Waals surface area contributed by atoms with Gasteiger partial charge in [-0.25, -0.2) is 0 Å². The van der Waals surface area contributed by atoms with Crippen LogP contribution in [0.15, 0.2) is 18.3 Å². The predicted molar refractivity (Wildman–Crippen MR) is 46.9 cm³/mol. The summed E-state index contributed by atoms with van der Waals surface area (Å²) < 4.78 is 1.73. The molecule has 0 spiro atoms. The molecule has 0 atom stereocenters. The Bertz CT molecular complexity index is 312. The van der Waals surface area contributed by atoms with Crippen molar-refractivity contribution in [2.45, 2.75) is 6.92 Å². The maximum Gasteiger partial charge on any atom is 0.274 e. The summed E-state index contributed by atoms with van der Waals surface area (Å²) in [6, 6.07) is 3.48. The van der Waals surface area contributed by atoms with Crippen LogP contribution in [0, 0.1) is 0 Å². The molecule has 0 aliphatic heterocycles. The minimum Gasteiger partial charge on any atom is -0.321 e. The highest BCUT2D eigenvalue weighted by atomic mass is 35.5. The van der Waals surface area contributed by atoms with Crippen LogP contribution in [0.5, 0.6) is 0 Å². The van der Waals surface area contributed by atoms with Gasteiger partial charge in [-0.2, -0.15) is 4.57 Å². The average Bonchev–Trinajstić information content (AvgIpc) is 1.96. The zero-order chi connectivity index (χ0) is 9.14. The number of carbonyl (C=O) groups excluding carboxylic acids is 1. The van der Waals surface area contributed by atoms with Crippen molar-refractivity contribution in [3.63, 3.8) is 0 Å². The first kappa shape index (κ1) is 9.00. The fourth-order valence-electron chi connectivity index (χ4n) is 0.867. The van der Waals surface area contributed by atoms with Gasteiger partial charge < -0.3 is 5.32 Å². The van der Waals surface area contributed by atoms with Crippen LogP contribution < -0.4 is 9.88 Å². The molecule has 0 saturated carbocycles. The highest BCUT2D eigenvalue weighted by Gasteiger charge is 2.04. The molecule has 1 rings (SSSR count). The number of anilines is 1. The standard InChI is InChI=1S/C8H9ClN2O/c1-6(12)10-7-3-4-8(9)11(2)5-7/h3-5H,1-2H3/p+1. The average molecular weight is 186 g/mol. The molecular weight excluding hydrogens is 176 g/mol. The zero-order valence-electron chi connectivity index (χ0n) is 6.97. The molecule has 0 fully saturated rings. The topological polar surface area (TPSA) is 33.0 Å². The number of halogens is 1. The van der Waals surface area contributed by atoms with E-state index in [0.29, 0.717) is 5.15 Å². The van der Waals surface area contributed by atoms with E-state index in [4.69, 9.17) is 11.6 Å². The number of amides is 1.